The molecule has 0 heterocycles. The van der Waals surface area contributed by atoms with Gasteiger partial charge in [0.2, 0.25) is 0 Å². The number of rotatable bonds is 6. The van der Waals surface area contributed by atoms with Gasteiger partial charge >= 0.3 is 0 Å². The monoisotopic (exact) mass is 266 g/mol. The van der Waals surface area contributed by atoms with Gasteiger partial charge in [-0.05, 0) is 41.8 Å². The van der Waals surface area contributed by atoms with E-state index in [1.165, 1.54) is 11.1 Å². The van der Waals surface area contributed by atoms with Crippen LogP contribution >= 0.6 is 0 Å². The molecule has 3 nitrogen and oxygen atoms in total. The zero-order chi connectivity index (χ0) is 14.2. The summed E-state index contributed by atoms with van der Waals surface area (Å²) in [6, 6.07) is 18.2. The second kappa shape index (κ2) is 7.20. The molecule has 0 spiro atoms. The van der Waals surface area contributed by atoms with Crippen molar-refractivity contribution in [2.45, 2.75) is 19.9 Å². The molecule has 0 fully saturated rings. The Kier molecular flexibility index (Phi) is 5.02. The number of anilines is 1. The van der Waals surface area contributed by atoms with Crippen molar-refractivity contribution in [3.05, 3.63) is 59.7 Å². The van der Waals surface area contributed by atoms with Gasteiger partial charge in [-0.2, -0.15) is 5.26 Å². The van der Waals surface area contributed by atoms with E-state index in [2.05, 4.69) is 36.5 Å². The predicted molar refractivity (Wildman–Crippen MR) is 80.7 cm³/mol. The maximum absolute atomic E-state index is 8.44. The molecule has 2 aromatic carbocycles. The van der Waals surface area contributed by atoms with Gasteiger partial charge in [0.15, 0.2) is 6.61 Å². The van der Waals surface area contributed by atoms with E-state index in [4.69, 9.17) is 10.00 Å². The molecule has 0 saturated heterocycles. The molecule has 0 unspecified atom stereocenters. The van der Waals surface area contributed by atoms with Gasteiger partial charge in [0.05, 0.1) is 0 Å². The Balaban J connectivity index is 1.88. The molecule has 102 valence electrons. The van der Waals surface area contributed by atoms with E-state index >= 15 is 0 Å². The lowest BCUT2D eigenvalue weighted by Gasteiger charge is -2.08. The molecule has 3 heteroatoms. The summed E-state index contributed by atoms with van der Waals surface area (Å²) >= 11 is 0. The van der Waals surface area contributed by atoms with Gasteiger partial charge in [-0.25, -0.2) is 0 Å². The molecule has 0 bridgehead atoms. The Hall–Kier alpha value is -2.47. The zero-order valence-corrected chi connectivity index (χ0v) is 11.6. The third-order valence-corrected chi connectivity index (χ3v) is 3.09. The van der Waals surface area contributed by atoms with Crippen molar-refractivity contribution in [1.29, 1.82) is 5.26 Å². The molecule has 20 heavy (non-hydrogen) atoms. The quantitative estimate of drug-likeness (QED) is 0.865. The van der Waals surface area contributed by atoms with E-state index in [1.807, 2.05) is 30.3 Å². The van der Waals surface area contributed by atoms with Crippen molar-refractivity contribution >= 4 is 5.69 Å². The van der Waals surface area contributed by atoms with Crippen LogP contribution in [-0.2, 0) is 13.0 Å². The first-order valence-electron chi connectivity index (χ1n) is 6.73. The van der Waals surface area contributed by atoms with Crippen LogP contribution in [0.15, 0.2) is 48.5 Å². The fraction of sp³-hybridized carbons (Fsp3) is 0.235. The maximum atomic E-state index is 8.44. The second-order valence-corrected chi connectivity index (χ2v) is 4.49. The highest BCUT2D eigenvalue weighted by Gasteiger charge is 1.97. The Morgan fingerprint density at radius 3 is 2.25 bits per heavy atom. The van der Waals surface area contributed by atoms with Crippen LogP contribution in [0, 0.1) is 11.3 Å². The van der Waals surface area contributed by atoms with Gasteiger partial charge in [0.1, 0.15) is 11.8 Å². The van der Waals surface area contributed by atoms with Gasteiger partial charge < -0.3 is 10.1 Å². The standard InChI is InChI=1S/C17H18N2O/c1-2-14-3-5-15(6-4-14)13-19-16-7-9-17(10-8-16)20-12-11-18/h3-10,19H,2,12-13H2,1H3. The molecule has 0 aromatic heterocycles. The van der Waals surface area contributed by atoms with Gasteiger partial charge in [0.25, 0.3) is 0 Å². The van der Waals surface area contributed by atoms with Crippen molar-refractivity contribution < 1.29 is 4.74 Å². The minimum absolute atomic E-state index is 0.0799. The maximum Gasteiger partial charge on any atom is 0.174 e. The van der Waals surface area contributed by atoms with Crippen molar-refractivity contribution in [2.75, 3.05) is 11.9 Å². The first-order chi connectivity index (χ1) is 9.81. The van der Waals surface area contributed by atoms with E-state index in [0.717, 1.165) is 18.7 Å². The number of ether oxygens (including phenoxy) is 1. The van der Waals surface area contributed by atoms with Crippen LogP contribution in [0.1, 0.15) is 18.1 Å². The Bertz CT molecular complexity index is 567. The van der Waals surface area contributed by atoms with E-state index in [9.17, 15) is 0 Å². The largest absolute Gasteiger partial charge is 0.479 e. The average molecular weight is 266 g/mol. The molecular formula is C17H18N2O. The van der Waals surface area contributed by atoms with Crippen molar-refractivity contribution in [3.63, 3.8) is 0 Å². The first-order valence-corrected chi connectivity index (χ1v) is 6.73. The number of benzene rings is 2. The third-order valence-electron chi connectivity index (χ3n) is 3.09. The molecule has 0 radical (unpaired) electrons. The average Bonchev–Trinajstić information content (AvgIpc) is 2.52. The van der Waals surface area contributed by atoms with Crippen LogP contribution < -0.4 is 10.1 Å². The van der Waals surface area contributed by atoms with Gasteiger partial charge in [-0.1, -0.05) is 31.2 Å². The summed E-state index contributed by atoms with van der Waals surface area (Å²) in [5, 5.41) is 11.8. The summed E-state index contributed by atoms with van der Waals surface area (Å²) < 4.78 is 5.21. The number of hydrogen-bond donors (Lipinski definition) is 1. The van der Waals surface area contributed by atoms with Gasteiger partial charge in [0, 0.05) is 12.2 Å². The molecule has 0 aliphatic heterocycles. The van der Waals surface area contributed by atoms with Crippen LogP contribution in [0.4, 0.5) is 5.69 Å². The van der Waals surface area contributed by atoms with Crippen LogP contribution in [0.3, 0.4) is 0 Å². The van der Waals surface area contributed by atoms with Gasteiger partial charge in [-0.3, -0.25) is 0 Å². The van der Waals surface area contributed by atoms with E-state index in [-0.39, 0.29) is 6.61 Å². The van der Waals surface area contributed by atoms with Crippen LogP contribution in [-0.4, -0.2) is 6.61 Å². The van der Waals surface area contributed by atoms with Crippen LogP contribution in [0.5, 0.6) is 5.75 Å². The Morgan fingerprint density at radius 1 is 1.00 bits per heavy atom. The Morgan fingerprint density at radius 2 is 1.65 bits per heavy atom. The first kappa shape index (κ1) is 14.0. The minimum Gasteiger partial charge on any atom is -0.479 e. The highest BCUT2D eigenvalue weighted by molar-refractivity contribution is 5.46. The molecule has 0 saturated carbocycles. The summed E-state index contributed by atoms with van der Waals surface area (Å²) in [7, 11) is 0. The topological polar surface area (TPSA) is 45.0 Å². The molecule has 1 N–H and O–H groups in total. The fourth-order valence-electron chi connectivity index (χ4n) is 1.88. The summed E-state index contributed by atoms with van der Waals surface area (Å²) in [6.45, 7) is 3.03. The smallest absolute Gasteiger partial charge is 0.174 e. The molecule has 0 aliphatic rings. The molecule has 0 atom stereocenters. The zero-order valence-electron chi connectivity index (χ0n) is 11.6. The predicted octanol–water partition coefficient (Wildman–Crippen LogP) is 3.76. The van der Waals surface area contributed by atoms with Crippen LogP contribution in [0.2, 0.25) is 0 Å². The molecule has 0 aliphatic carbocycles. The third kappa shape index (κ3) is 4.03. The van der Waals surface area contributed by atoms with E-state index in [1.54, 1.807) is 0 Å². The number of nitrogens with zero attached hydrogens (tertiary/aromatic N) is 1. The van der Waals surface area contributed by atoms with Gasteiger partial charge in [-0.15, -0.1) is 0 Å². The lowest BCUT2D eigenvalue weighted by atomic mass is 10.1. The summed E-state index contributed by atoms with van der Waals surface area (Å²) in [6.07, 6.45) is 1.07. The summed E-state index contributed by atoms with van der Waals surface area (Å²) in [5.41, 5.74) is 3.65. The number of nitrogens with one attached hydrogen (secondary N) is 1. The van der Waals surface area contributed by atoms with E-state index < -0.39 is 0 Å². The highest BCUT2D eigenvalue weighted by atomic mass is 16.5. The summed E-state index contributed by atoms with van der Waals surface area (Å²) in [5.74, 6) is 0.712. The molecular weight excluding hydrogens is 248 g/mol. The van der Waals surface area contributed by atoms with Crippen molar-refractivity contribution in [1.82, 2.24) is 0 Å². The SMILES string of the molecule is CCc1ccc(CNc2ccc(OCC#N)cc2)cc1. The highest BCUT2D eigenvalue weighted by Crippen LogP contribution is 2.16. The second-order valence-electron chi connectivity index (χ2n) is 4.49. The number of aryl methyl sites for hydroxylation is 1. The fourth-order valence-corrected chi connectivity index (χ4v) is 1.88. The van der Waals surface area contributed by atoms with Crippen molar-refractivity contribution in [2.24, 2.45) is 0 Å². The molecule has 0 amide bonds. The Labute approximate surface area is 119 Å². The normalized spacial score (nSPS) is 9.80. The molecule has 2 aromatic rings. The lowest BCUT2D eigenvalue weighted by molar-refractivity contribution is 0.368. The van der Waals surface area contributed by atoms with Crippen molar-refractivity contribution in [3.8, 4) is 11.8 Å². The number of nitriles is 1. The lowest BCUT2D eigenvalue weighted by Crippen LogP contribution is -1.99. The summed E-state index contributed by atoms with van der Waals surface area (Å²) in [4.78, 5) is 0. The van der Waals surface area contributed by atoms with Crippen LogP contribution in [0.25, 0.3) is 0 Å². The molecule has 2 rings (SSSR count). The number of hydrogen-bond acceptors (Lipinski definition) is 3. The minimum atomic E-state index is 0.0799. The van der Waals surface area contributed by atoms with E-state index in [0.29, 0.717) is 5.75 Å².